The number of hydrogen-bond donors (Lipinski definition) is 0. The van der Waals surface area contributed by atoms with Gasteiger partial charge in [-0.15, -0.1) is 0 Å². The van der Waals surface area contributed by atoms with E-state index in [1.54, 1.807) is 0 Å². The first kappa shape index (κ1) is 25.5. The van der Waals surface area contributed by atoms with Gasteiger partial charge in [-0.05, 0) is 53.8 Å². The third kappa shape index (κ3) is 6.61. The van der Waals surface area contributed by atoms with Gasteiger partial charge in [-0.25, -0.2) is 0 Å². The lowest BCUT2D eigenvalue weighted by molar-refractivity contribution is -0.147. The lowest BCUT2D eigenvalue weighted by Gasteiger charge is -2.20. The molecule has 1 aliphatic heterocycles. The monoisotopic (exact) mass is 558 g/mol. The summed E-state index contributed by atoms with van der Waals surface area (Å²) in [7, 11) is 0. The lowest BCUT2D eigenvalue weighted by Crippen LogP contribution is -2.20. The van der Waals surface area contributed by atoms with Gasteiger partial charge in [-0.2, -0.15) is 0 Å². The molecule has 190 valence electrons. The highest BCUT2D eigenvalue weighted by molar-refractivity contribution is 9.08. The molecule has 0 unspecified atom stereocenters. The number of halogens is 1. The zero-order chi connectivity index (χ0) is 25.7. The maximum absolute atomic E-state index is 6.45. The van der Waals surface area contributed by atoms with Crippen LogP contribution < -0.4 is 9.47 Å². The van der Waals surface area contributed by atoms with Gasteiger partial charge in [-0.1, -0.05) is 101 Å². The molecule has 5 heteroatoms. The SMILES string of the molecule is CC1(C)O[C@H](c2ccc(CBr)cc2)[C@@H](c2cc(OCc3ccccc3)cc(OCc3ccccc3)c2)O1. The molecular weight excluding hydrogens is 528 g/mol. The van der Waals surface area contributed by atoms with Crippen molar-refractivity contribution in [2.75, 3.05) is 0 Å². The Labute approximate surface area is 227 Å². The lowest BCUT2D eigenvalue weighted by atomic mass is 9.97. The molecule has 0 amide bonds. The maximum atomic E-state index is 6.45. The average Bonchev–Trinajstić information content (AvgIpc) is 3.27. The summed E-state index contributed by atoms with van der Waals surface area (Å²) in [4.78, 5) is 0. The summed E-state index contributed by atoms with van der Waals surface area (Å²) in [5.41, 5.74) is 5.44. The molecule has 0 aromatic heterocycles. The van der Waals surface area contributed by atoms with Crippen molar-refractivity contribution in [3.8, 4) is 11.5 Å². The van der Waals surface area contributed by atoms with E-state index in [1.165, 1.54) is 5.56 Å². The van der Waals surface area contributed by atoms with Gasteiger partial charge >= 0.3 is 0 Å². The van der Waals surface area contributed by atoms with E-state index in [9.17, 15) is 0 Å². The van der Waals surface area contributed by atoms with Crippen LogP contribution in [0.5, 0.6) is 11.5 Å². The first-order chi connectivity index (χ1) is 18.0. The molecule has 0 spiro atoms. The zero-order valence-corrected chi connectivity index (χ0v) is 22.7. The Morgan fingerprint density at radius 3 is 1.59 bits per heavy atom. The molecule has 1 heterocycles. The van der Waals surface area contributed by atoms with Crippen molar-refractivity contribution in [3.05, 3.63) is 131 Å². The van der Waals surface area contributed by atoms with Gasteiger partial charge in [0.1, 0.15) is 36.9 Å². The Bertz CT molecular complexity index is 1230. The van der Waals surface area contributed by atoms with Crippen molar-refractivity contribution < 1.29 is 18.9 Å². The predicted octanol–water partition coefficient (Wildman–Crippen LogP) is 8.30. The van der Waals surface area contributed by atoms with Gasteiger partial charge in [0.2, 0.25) is 0 Å². The van der Waals surface area contributed by atoms with Gasteiger partial charge in [0.15, 0.2) is 5.79 Å². The quantitative estimate of drug-likeness (QED) is 0.193. The molecule has 0 saturated carbocycles. The Hall–Kier alpha value is -3.12. The molecule has 1 aliphatic rings. The van der Waals surface area contributed by atoms with E-state index in [1.807, 2.05) is 68.4 Å². The Morgan fingerprint density at radius 1 is 0.622 bits per heavy atom. The molecule has 0 radical (unpaired) electrons. The third-order valence-corrected chi connectivity index (χ3v) is 6.93. The zero-order valence-electron chi connectivity index (χ0n) is 21.1. The summed E-state index contributed by atoms with van der Waals surface area (Å²) in [6.07, 6.45) is -0.574. The van der Waals surface area contributed by atoms with Crippen LogP contribution in [0.2, 0.25) is 0 Å². The minimum Gasteiger partial charge on any atom is -0.489 e. The molecule has 2 atom stereocenters. The van der Waals surface area contributed by atoms with Crippen LogP contribution in [0.1, 0.15) is 53.9 Å². The smallest absolute Gasteiger partial charge is 0.164 e. The van der Waals surface area contributed by atoms with Crippen LogP contribution in [0.4, 0.5) is 0 Å². The van der Waals surface area contributed by atoms with E-state index >= 15 is 0 Å². The van der Waals surface area contributed by atoms with Crippen LogP contribution in [-0.2, 0) is 28.0 Å². The highest BCUT2D eigenvalue weighted by Gasteiger charge is 2.43. The van der Waals surface area contributed by atoms with Crippen molar-refractivity contribution in [3.63, 3.8) is 0 Å². The summed E-state index contributed by atoms with van der Waals surface area (Å²) in [5.74, 6) is 0.729. The Kier molecular flexibility index (Phi) is 7.94. The molecule has 0 bridgehead atoms. The molecule has 4 aromatic rings. The van der Waals surface area contributed by atoms with E-state index in [-0.39, 0.29) is 12.2 Å². The topological polar surface area (TPSA) is 36.9 Å². The van der Waals surface area contributed by atoms with E-state index in [0.29, 0.717) is 13.2 Å². The second kappa shape index (κ2) is 11.5. The van der Waals surface area contributed by atoms with Gasteiger partial charge < -0.3 is 18.9 Å². The number of rotatable bonds is 9. The standard InChI is InChI=1S/C32H31BrO4/c1-32(2)36-30(26-15-13-23(20-33)14-16-26)31(37-32)27-17-28(34-21-24-9-5-3-6-10-24)19-29(18-27)35-22-25-11-7-4-8-12-25/h3-19,30-31H,20-22H2,1-2H3/t30-,31-/m1/s1. The van der Waals surface area contributed by atoms with Crippen LogP contribution in [0, 0.1) is 0 Å². The highest BCUT2D eigenvalue weighted by atomic mass is 79.9. The molecule has 0 N–H and O–H groups in total. The second-order valence-corrected chi connectivity index (χ2v) is 10.2. The average molecular weight is 560 g/mol. The summed E-state index contributed by atoms with van der Waals surface area (Å²) in [5, 5.41) is 0.813. The Balaban J connectivity index is 1.45. The van der Waals surface area contributed by atoms with Crippen molar-refractivity contribution in [2.45, 2.75) is 50.4 Å². The highest BCUT2D eigenvalue weighted by Crippen LogP contribution is 2.48. The minimum absolute atomic E-state index is 0.259. The van der Waals surface area contributed by atoms with Crippen LogP contribution in [0.15, 0.2) is 103 Å². The Morgan fingerprint density at radius 2 is 1.11 bits per heavy atom. The second-order valence-electron chi connectivity index (χ2n) is 9.64. The first-order valence-electron chi connectivity index (χ1n) is 12.5. The van der Waals surface area contributed by atoms with Crippen molar-refractivity contribution in [1.82, 2.24) is 0 Å². The van der Waals surface area contributed by atoms with E-state index in [2.05, 4.69) is 64.5 Å². The van der Waals surface area contributed by atoms with E-state index in [4.69, 9.17) is 18.9 Å². The normalized spacial score (nSPS) is 18.5. The van der Waals surface area contributed by atoms with Gasteiger partial charge in [-0.3, -0.25) is 0 Å². The number of ether oxygens (including phenoxy) is 4. The molecule has 0 aliphatic carbocycles. The fourth-order valence-corrected chi connectivity index (χ4v) is 4.83. The molecular formula is C32H31BrO4. The molecule has 37 heavy (non-hydrogen) atoms. The van der Waals surface area contributed by atoms with E-state index in [0.717, 1.165) is 39.1 Å². The first-order valence-corrected chi connectivity index (χ1v) is 13.6. The number of hydrogen-bond acceptors (Lipinski definition) is 4. The van der Waals surface area contributed by atoms with Gasteiger partial charge in [0.25, 0.3) is 0 Å². The summed E-state index contributed by atoms with van der Waals surface area (Å²) < 4.78 is 25.3. The fraction of sp³-hybridized carbons (Fsp3) is 0.250. The molecule has 1 fully saturated rings. The largest absolute Gasteiger partial charge is 0.489 e. The molecule has 4 nitrogen and oxygen atoms in total. The fourth-order valence-electron chi connectivity index (χ4n) is 4.45. The van der Waals surface area contributed by atoms with Crippen molar-refractivity contribution in [1.29, 1.82) is 0 Å². The van der Waals surface area contributed by atoms with Crippen LogP contribution in [-0.4, -0.2) is 5.79 Å². The molecule has 1 saturated heterocycles. The third-order valence-electron chi connectivity index (χ3n) is 6.29. The van der Waals surface area contributed by atoms with E-state index < -0.39 is 5.79 Å². The van der Waals surface area contributed by atoms with Crippen LogP contribution in [0.25, 0.3) is 0 Å². The summed E-state index contributed by atoms with van der Waals surface area (Å²) >= 11 is 3.53. The molecule has 4 aromatic carbocycles. The maximum Gasteiger partial charge on any atom is 0.164 e. The van der Waals surface area contributed by atoms with Gasteiger partial charge in [0.05, 0.1) is 0 Å². The summed E-state index contributed by atoms with van der Waals surface area (Å²) in [6, 6.07) is 34.8. The predicted molar refractivity (Wildman–Crippen MR) is 149 cm³/mol. The van der Waals surface area contributed by atoms with Crippen molar-refractivity contribution in [2.24, 2.45) is 0 Å². The van der Waals surface area contributed by atoms with Crippen LogP contribution >= 0.6 is 15.9 Å². The van der Waals surface area contributed by atoms with Crippen LogP contribution in [0.3, 0.4) is 0 Å². The molecule has 5 rings (SSSR count). The van der Waals surface area contributed by atoms with Gasteiger partial charge in [0, 0.05) is 11.4 Å². The number of alkyl halides is 1. The van der Waals surface area contributed by atoms with Crippen molar-refractivity contribution >= 4 is 15.9 Å². The summed E-state index contributed by atoms with van der Waals surface area (Å²) in [6.45, 7) is 4.84. The minimum atomic E-state index is -0.727. The number of benzene rings is 4.